The maximum Gasteiger partial charge on any atom is 0.172 e. The maximum atomic E-state index is 5.83. The summed E-state index contributed by atoms with van der Waals surface area (Å²) in [5, 5.41) is 1.99. The van der Waals surface area contributed by atoms with Crippen LogP contribution in [0.3, 0.4) is 0 Å². The number of nitrogen functional groups attached to an aromatic ring is 1. The van der Waals surface area contributed by atoms with Gasteiger partial charge in [0.05, 0.1) is 16.3 Å². The normalized spacial score (nSPS) is 10.4. The highest BCUT2D eigenvalue weighted by atomic mass is 32.1. The van der Waals surface area contributed by atoms with Crippen LogP contribution in [0.25, 0.3) is 22.1 Å². The average molecular weight is 254 g/mol. The molecule has 3 heterocycles. The van der Waals surface area contributed by atoms with Gasteiger partial charge in [-0.2, -0.15) is 0 Å². The molecule has 0 spiro atoms. The van der Waals surface area contributed by atoms with Gasteiger partial charge in [0, 0.05) is 12.3 Å². The molecular weight excluding hydrogens is 244 g/mol. The van der Waals surface area contributed by atoms with Gasteiger partial charge >= 0.3 is 0 Å². The molecular formula is C13H10N4S. The van der Waals surface area contributed by atoms with Crippen molar-refractivity contribution >= 4 is 17.2 Å². The number of hydrogen-bond donors (Lipinski definition) is 1. The largest absolute Gasteiger partial charge is 0.384 e. The zero-order chi connectivity index (χ0) is 12.4. The Hall–Kier alpha value is -2.27. The van der Waals surface area contributed by atoms with Gasteiger partial charge in [-0.15, -0.1) is 11.3 Å². The summed E-state index contributed by atoms with van der Waals surface area (Å²) < 4.78 is 0. The Kier molecular flexibility index (Phi) is 2.74. The molecule has 0 aromatic carbocycles. The van der Waals surface area contributed by atoms with Gasteiger partial charge in [-0.3, -0.25) is 4.98 Å². The summed E-state index contributed by atoms with van der Waals surface area (Å²) in [7, 11) is 0. The van der Waals surface area contributed by atoms with Crippen molar-refractivity contribution in [3.05, 3.63) is 48.0 Å². The highest BCUT2D eigenvalue weighted by Gasteiger charge is 2.08. The molecule has 0 saturated heterocycles. The predicted molar refractivity (Wildman–Crippen MR) is 73.0 cm³/mol. The topological polar surface area (TPSA) is 64.7 Å². The Morgan fingerprint density at radius 1 is 1.00 bits per heavy atom. The molecule has 0 amide bonds. The molecule has 0 bridgehead atoms. The lowest BCUT2D eigenvalue weighted by atomic mass is 10.2. The summed E-state index contributed by atoms with van der Waals surface area (Å²) in [6.07, 6.45) is 1.73. The van der Waals surface area contributed by atoms with Crippen molar-refractivity contribution < 1.29 is 0 Å². The van der Waals surface area contributed by atoms with Crippen LogP contribution < -0.4 is 5.73 Å². The van der Waals surface area contributed by atoms with Crippen molar-refractivity contribution in [2.75, 3.05) is 5.73 Å². The lowest BCUT2D eigenvalue weighted by Gasteiger charge is -2.03. The van der Waals surface area contributed by atoms with Gasteiger partial charge in [-0.1, -0.05) is 12.1 Å². The van der Waals surface area contributed by atoms with E-state index in [0.717, 1.165) is 16.3 Å². The molecule has 0 atom stereocenters. The summed E-state index contributed by atoms with van der Waals surface area (Å²) in [4.78, 5) is 14.0. The first-order chi connectivity index (χ1) is 8.83. The Balaban J connectivity index is 2.12. The Morgan fingerprint density at radius 2 is 1.94 bits per heavy atom. The zero-order valence-electron chi connectivity index (χ0n) is 9.45. The van der Waals surface area contributed by atoms with E-state index in [9.17, 15) is 0 Å². The number of nitrogens with two attached hydrogens (primary N) is 1. The summed E-state index contributed by atoms with van der Waals surface area (Å²) in [6, 6.07) is 11.4. The third kappa shape index (κ3) is 2.08. The van der Waals surface area contributed by atoms with Gasteiger partial charge in [-0.25, -0.2) is 9.97 Å². The van der Waals surface area contributed by atoms with Crippen molar-refractivity contribution in [2.45, 2.75) is 0 Å². The molecule has 5 heteroatoms. The lowest BCUT2D eigenvalue weighted by molar-refractivity contribution is 1.17. The number of pyridine rings is 1. The molecule has 4 nitrogen and oxygen atoms in total. The van der Waals surface area contributed by atoms with Gasteiger partial charge < -0.3 is 5.73 Å². The monoisotopic (exact) mass is 254 g/mol. The van der Waals surface area contributed by atoms with Crippen LogP contribution >= 0.6 is 11.3 Å². The number of aromatic nitrogens is 3. The van der Waals surface area contributed by atoms with Crippen molar-refractivity contribution in [1.82, 2.24) is 15.0 Å². The first-order valence-electron chi connectivity index (χ1n) is 5.43. The first-order valence-corrected chi connectivity index (χ1v) is 6.31. The molecule has 3 aromatic heterocycles. The Morgan fingerprint density at radius 3 is 2.67 bits per heavy atom. The van der Waals surface area contributed by atoms with E-state index in [-0.39, 0.29) is 0 Å². The number of anilines is 1. The van der Waals surface area contributed by atoms with Gasteiger partial charge in [0.25, 0.3) is 0 Å². The van der Waals surface area contributed by atoms with E-state index in [1.807, 2.05) is 35.7 Å². The van der Waals surface area contributed by atoms with Crippen LogP contribution in [0.1, 0.15) is 0 Å². The van der Waals surface area contributed by atoms with Crippen LogP contribution in [0.2, 0.25) is 0 Å². The first kappa shape index (κ1) is 10.9. The van der Waals surface area contributed by atoms with E-state index in [0.29, 0.717) is 11.6 Å². The third-order valence-electron chi connectivity index (χ3n) is 2.41. The second-order valence-electron chi connectivity index (χ2n) is 3.69. The molecule has 88 valence electrons. The van der Waals surface area contributed by atoms with Crippen LogP contribution in [0.4, 0.5) is 5.82 Å². The van der Waals surface area contributed by atoms with Crippen molar-refractivity contribution in [3.63, 3.8) is 0 Å². The van der Waals surface area contributed by atoms with Crippen molar-refractivity contribution in [2.24, 2.45) is 0 Å². The van der Waals surface area contributed by atoms with Gasteiger partial charge in [-0.05, 0) is 23.6 Å². The van der Waals surface area contributed by atoms with E-state index in [2.05, 4.69) is 15.0 Å². The lowest BCUT2D eigenvalue weighted by Crippen LogP contribution is -1.97. The van der Waals surface area contributed by atoms with E-state index in [4.69, 9.17) is 5.73 Å². The summed E-state index contributed by atoms with van der Waals surface area (Å²) in [6.45, 7) is 0. The fraction of sp³-hybridized carbons (Fsp3) is 0. The Labute approximate surface area is 108 Å². The van der Waals surface area contributed by atoms with Gasteiger partial charge in [0.15, 0.2) is 5.82 Å². The molecule has 0 aliphatic carbocycles. The number of nitrogens with zero attached hydrogens (tertiary/aromatic N) is 3. The fourth-order valence-electron chi connectivity index (χ4n) is 1.63. The summed E-state index contributed by atoms with van der Waals surface area (Å²) in [5.41, 5.74) is 7.37. The molecule has 0 saturated carbocycles. The standard InChI is InChI=1S/C13H10N4S/c14-12-8-10(9-4-1-2-6-15-9)16-13(17-12)11-5-3-7-18-11/h1-8H,(H2,14,16,17). The summed E-state index contributed by atoms with van der Waals surface area (Å²) in [5.74, 6) is 1.10. The van der Waals surface area contributed by atoms with E-state index in [1.54, 1.807) is 23.6 Å². The maximum absolute atomic E-state index is 5.83. The van der Waals surface area contributed by atoms with E-state index < -0.39 is 0 Å². The molecule has 0 aliphatic heterocycles. The minimum absolute atomic E-state index is 0.453. The average Bonchev–Trinajstić information content (AvgIpc) is 2.93. The molecule has 0 aliphatic rings. The second kappa shape index (κ2) is 4.54. The number of thiophene rings is 1. The van der Waals surface area contributed by atoms with Gasteiger partial charge in [0.2, 0.25) is 0 Å². The molecule has 3 aromatic rings. The van der Waals surface area contributed by atoms with Gasteiger partial charge in [0.1, 0.15) is 5.82 Å². The highest BCUT2D eigenvalue weighted by Crippen LogP contribution is 2.24. The minimum Gasteiger partial charge on any atom is -0.384 e. The highest BCUT2D eigenvalue weighted by molar-refractivity contribution is 7.13. The smallest absolute Gasteiger partial charge is 0.172 e. The number of rotatable bonds is 2. The van der Waals surface area contributed by atoms with Crippen LogP contribution in [-0.2, 0) is 0 Å². The Bertz CT molecular complexity index is 650. The molecule has 0 unspecified atom stereocenters. The number of hydrogen-bond acceptors (Lipinski definition) is 5. The zero-order valence-corrected chi connectivity index (χ0v) is 10.3. The van der Waals surface area contributed by atoms with Crippen LogP contribution in [-0.4, -0.2) is 15.0 Å². The SMILES string of the molecule is Nc1cc(-c2ccccn2)nc(-c2cccs2)n1. The van der Waals surface area contributed by atoms with E-state index >= 15 is 0 Å². The van der Waals surface area contributed by atoms with Crippen LogP contribution in [0, 0.1) is 0 Å². The van der Waals surface area contributed by atoms with Crippen LogP contribution in [0.5, 0.6) is 0 Å². The molecule has 3 rings (SSSR count). The third-order valence-corrected chi connectivity index (χ3v) is 3.28. The van der Waals surface area contributed by atoms with Crippen molar-refractivity contribution in [3.8, 4) is 22.1 Å². The molecule has 0 radical (unpaired) electrons. The fourth-order valence-corrected chi connectivity index (χ4v) is 2.29. The minimum atomic E-state index is 0.453. The van der Waals surface area contributed by atoms with E-state index in [1.165, 1.54) is 0 Å². The van der Waals surface area contributed by atoms with Crippen LogP contribution in [0.15, 0.2) is 48.0 Å². The van der Waals surface area contributed by atoms with Crippen molar-refractivity contribution in [1.29, 1.82) is 0 Å². The quantitative estimate of drug-likeness (QED) is 0.763. The molecule has 2 N–H and O–H groups in total. The molecule has 0 fully saturated rings. The summed E-state index contributed by atoms with van der Waals surface area (Å²) >= 11 is 1.59. The predicted octanol–water partition coefficient (Wildman–Crippen LogP) is 2.85. The molecule has 18 heavy (non-hydrogen) atoms. The second-order valence-corrected chi connectivity index (χ2v) is 4.64.